The first-order valence-corrected chi connectivity index (χ1v) is 8.62. The van der Waals surface area contributed by atoms with Gasteiger partial charge in [-0.1, -0.05) is 48.5 Å². The Balaban J connectivity index is 1.76. The monoisotopic (exact) mass is 356 g/mol. The topological polar surface area (TPSA) is 70.7 Å². The summed E-state index contributed by atoms with van der Waals surface area (Å²) in [7, 11) is 0. The first-order valence-electron chi connectivity index (χ1n) is 8.62. The van der Waals surface area contributed by atoms with Gasteiger partial charge in [-0.25, -0.2) is 0 Å². The fraction of sp³-hybridized carbons (Fsp3) is 0.136. The zero-order valence-corrected chi connectivity index (χ0v) is 15.3. The van der Waals surface area contributed by atoms with Crippen LogP contribution in [-0.2, 0) is 11.3 Å². The van der Waals surface area contributed by atoms with Crippen LogP contribution < -0.4 is 5.32 Å². The van der Waals surface area contributed by atoms with Crippen LogP contribution in [-0.4, -0.2) is 15.7 Å². The number of aromatic nitrogens is 2. The number of rotatable bonds is 5. The second kappa shape index (κ2) is 8.15. The second-order valence-electron chi connectivity index (χ2n) is 6.35. The van der Waals surface area contributed by atoms with Gasteiger partial charge in [-0.15, -0.1) is 0 Å². The lowest BCUT2D eigenvalue weighted by Gasteiger charge is -2.10. The highest BCUT2D eigenvalue weighted by atomic mass is 16.1. The van der Waals surface area contributed by atoms with E-state index in [9.17, 15) is 10.1 Å². The van der Waals surface area contributed by atoms with E-state index in [-0.39, 0.29) is 5.57 Å². The number of nitrogens with zero attached hydrogens (tertiary/aromatic N) is 3. The molecule has 0 fully saturated rings. The van der Waals surface area contributed by atoms with Gasteiger partial charge in [0, 0.05) is 17.4 Å². The summed E-state index contributed by atoms with van der Waals surface area (Å²) in [5.74, 6) is -0.425. The number of hydrogen-bond acceptors (Lipinski definition) is 3. The Bertz CT molecular complexity index is 1010. The molecule has 0 saturated carbocycles. The van der Waals surface area contributed by atoms with Crippen LogP contribution in [0.4, 0.5) is 5.69 Å². The van der Waals surface area contributed by atoms with Crippen molar-refractivity contribution in [1.82, 2.24) is 9.78 Å². The van der Waals surface area contributed by atoms with Gasteiger partial charge in [0.15, 0.2) is 0 Å². The minimum Gasteiger partial charge on any atom is -0.321 e. The van der Waals surface area contributed by atoms with E-state index in [4.69, 9.17) is 0 Å². The van der Waals surface area contributed by atoms with Crippen LogP contribution in [0, 0.1) is 25.2 Å². The molecule has 0 radical (unpaired) electrons. The second-order valence-corrected chi connectivity index (χ2v) is 6.35. The lowest BCUT2D eigenvalue weighted by atomic mass is 10.1. The Labute approximate surface area is 158 Å². The highest BCUT2D eigenvalue weighted by Crippen LogP contribution is 2.20. The molecule has 0 aliphatic heterocycles. The fourth-order valence-corrected chi connectivity index (χ4v) is 2.82. The molecule has 3 aromatic rings. The molecule has 0 atom stereocenters. The van der Waals surface area contributed by atoms with Crippen LogP contribution in [0.3, 0.4) is 0 Å². The molecule has 0 bridgehead atoms. The number of carbonyl (C=O) groups excluding carboxylic acids is 1. The number of carbonyl (C=O) groups is 1. The standard InChI is InChI=1S/C22H20N4O/c1-16-7-6-8-17(2)21(16)25-22(27)20(12-23)11-19-13-24-26(15-19)14-18-9-4-3-5-10-18/h3-11,13,15H,14H2,1-2H3,(H,25,27)/b20-11+. The van der Waals surface area contributed by atoms with Crippen LogP contribution >= 0.6 is 0 Å². The number of benzene rings is 2. The summed E-state index contributed by atoms with van der Waals surface area (Å²) in [6, 6.07) is 17.7. The summed E-state index contributed by atoms with van der Waals surface area (Å²) in [6.07, 6.45) is 5.01. The van der Waals surface area contributed by atoms with Gasteiger partial charge in [0.1, 0.15) is 11.6 Å². The van der Waals surface area contributed by atoms with Gasteiger partial charge in [0.05, 0.1) is 12.7 Å². The van der Waals surface area contributed by atoms with Gasteiger partial charge in [0.2, 0.25) is 0 Å². The first-order chi connectivity index (χ1) is 13.1. The molecule has 1 heterocycles. The van der Waals surface area contributed by atoms with E-state index in [1.54, 1.807) is 17.0 Å². The van der Waals surface area contributed by atoms with Crippen molar-refractivity contribution in [2.45, 2.75) is 20.4 Å². The smallest absolute Gasteiger partial charge is 0.266 e. The molecule has 1 aromatic heterocycles. The minimum absolute atomic E-state index is 0.0388. The average Bonchev–Trinajstić information content (AvgIpc) is 3.10. The Morgan fingerprint density at radius 1 is 1.15 bits per heavy atom. The van der Waals surface area contributed by atoms with Crippen molar-refractivity contribution >= 4 is 17.7 Å². The van der Waals surface area contributed by atoms with Gasteiger partial charge in [0.25, 0.3) is 5.91 Å². The number of hydrogen-bond donors (Lipinski definition) is 1. The van der Waals surface area contributed by atoms with E-state index in [2.05, 4.69) is 10.4 Å². The minimum atomic E-state index is -0.425. The zero-order chi connectivity index (χ0) is 19.2. The average molecular weight is 356 g/mol. The maximum atomic E-state index is 12.5. The molecule has 5 nitrogen and oxygen atoms in total. The Kier molecular flexibility index (Phi) is 5.48. The van der Waals surface area contributed by atoms with Gasteiger partial charge in [-0.3, -0.25) is 9.48 Å². The third kappa shape index (κ3) is 4.50. The van der Waals surface area contributed by atoms with Crippen molar-refractivity contribution in [3.63, 3.8) is 0 Å². The Morgan fingerprint density at radius 2 is 1.85 bits per heavy atom. The first kappa shape index (κ1) is 18.2. The van der Waals surface area contributed by atoms with E-state index in [1.165, 1.54) is 0 Å². The number of aryl methyl sites for hydroxylation is 2. The van der Waals surface area contributed by atoms with Gasteiger partial charge < -0.3 is 5.32 Å². The maximum absolute atomic E-state index is 12.5. The molecular formula is C22H20N4O. The van der Waals surface area contributed by atoms with Crippen molar-refractivity contribution < 1.29 is 4.79 Å². The van der Waals surface area contributed by atoms with Crippen LogP contribution in [0.5, 0.6) is 0 Å². The summed E-state index contributed by atoms with van der Waals surface area (Å²) >= 11 is 0. The summed E-state index contributed by atoms with van der Waals surface area (Å²) < 4.78 is 1.78. The molecule has 0 aliphatic rings. The summed E-state index contributed by atoms with van der Waals surface area (Å²) in [5, 5.41) is 16.6. The predicted molar refractivity (Wildman–Crippen MR) is 106 cm³/mol. The third-order valence-electron chi connectivity index (χ3n) is 4.24. The summed E-state index contributed by atoms with van der Waals surface area (Å²) in [4.78, 5) is 12.5. The number of anilines is 1. The molecule has 0 aliphatic carbocycles. The molecule has 5 heteroatoms. The van der Waals surface area contributed by atoms with Crippen LogP contribution in [0.1, 0.15) is 22.3 Å². The summed E-state index contributed by atoms with van der Waals surface area (Å²) in [5.41, 5.74) is 4.52. The quantitative estimate of drug-likeness (QED) is 0.553. The van der Waals surface area contributed by atoms with Crippen LogP contribution in [0.15, 0.2) is 66.5 Å². The van der Waals surface area contributed by atoms with E-state index >= 15 is 0 Å². The number of para-hydroxylation sites is 1. The molecule has 3 rings (SSSR count). The van der Waals surface area contributed by atoms with Crippen LogP contribution in [0.25, 0.3) is 6.08 Å². The Morgan fingerprint density at radius 3 is 2.52 bits per heavy atom. The molecule has 0 saturated heterocycles. The third-order valence-corrected chi connectivity index (χ3v) is 4.24. The van der Waals surface area contributed by atoms with Gasteiger partial charge in [-0.05, 0) is 36.6 Å². The lowest BCUT2D eigenvalue weighted by molar-refractivity contribution is -0.112. The van der Waals surface area contributed by atoms with E-state index in [0.717, 1.165) is 22.4 Å². The predicted octanol–water partition coefficient (Wildman–Crippen LogP) is 4.09. The van der Waals surface area contributed by atoms with Crippen molar-refractivity contribution in [2.24, 2.45) is 0 Å². The number of nitrogens with one attached hydrogen (secondary N) is 1. The molecule has 2 aromatic carbocycles. The molecule has 27 heavy (non-hydrogen) atoms. The molecule has 134 valence electrons. The molecular weight excluding hydrogens is 336 g/mol. The Hall–Kier alpha value is -3.65. The fourth-order valence-electron chi connectivity index (χ4n) is 2.82. The molecule has 1 amide bonds. The summed E-state index contributed by atoms with van der Waals surface area (Å²) in [6.45, 7) is 4.48. The van der Waals surface area contributed by atoms with Crippen molar-refractivity contribution in [1.29, 1.82) is 5.26 Å². The maximum Gasteiger partial charge on any atom is 0.266 e. The number of nitriles is 1. The van der Waals surface area contributed by atoms with E-state index < -0.39 is 5.91 Å². The largest absolute Gasteiger partial charge is 0.321 e. The lowest BCUT2D eigenvalue weighted by Crippen LogP contribution is -2.15. The van der Waals surface area contributed by atoms with Gasteiger partial charge >= 0.3 is 0 Å². The number of amides is 1. The van der Waals surface area contributed by atoms with Gasteiger partial charge in [-0.2, -0.15) is 10.4 Å². The highest BCUT2D eigenvalue weighted by molar-refractivity contribution is 6.10. The normalized spacial score (nSPS) is 11.1. The molecule has 0 unspecified atom stereocenters. The molecule has 1 N–H and O–H groups in total. The SMILES string of the molecule is Cc1cccc(C)c1NC(=O)/C(C#N)=C/c1cnn(Cc2ccccc2)c1. The van der Waals surface area contributed by atoms with Crippen molar-refractivity contribution in [3.8, 4) is 6.07 Å². The van der Waals surface area contributed by atoms with Crippen molar-refractivity contribution in [3.05, 3.63) is 88.8 Å². The van der Waals surface area contributed by atoms with E-state index in [0.29, 0.717) is 12.1 Å². The van der Waals surface area contributed by atoms with E-state index in [1.807, 2.05) is 74.6 Å². The zero-order valence-electron chi connectivity index (χ0n) is 15.3. The van der Waals surface area contributed by atoms with Crippen molar-refractivity contribution in [2.75, 3.05) is 5.32 Å². The van der Waals surface area contributed by atoms with Crippen LogP contribution in [0.2, 0.25) is 0 Å². The molecule has 0 spiro atoms. The highest BCUT2D eigenvalue weighted by Gasteiger charge is 2.12.